The van der Waals surface area contributed by atoms with Crippen molar-refractivity contribution in [3.63, 3.8) is 0 Å². The number of hydrogen-bond donors (Lipinski definition) is 1. The monoisotopic (exact) mass is 324 g/mol. The fraction of sp³-hybridized carbons (Fsp3) is 0.300. The molecule has 2 rings (SSSR count). The minimum atomic E-state index is -0.287. The summed E-state index contributed by atoms with van der Waals surface area (Å²) >= 11 is 0. The molecule has 0 saturated heterocycles. The molecule has 4 heteroatoms. The first-order chi connectivity index (χ1) is 11.4. The van der Waals surface area contributed by atoms with Gasteiger partial charge in [-0.15, -0.1) is 0 Å². The maximum absolute atomic E-state index is 11.8. The maximum atomic E-state index is 11.8. The zero-order valence-electron chi connectivity index (χ0n) is 14.7. The Bertz CT molecular complexity index is 699. The summed E-state index contributed by atoms with van der Waals surface area (Å²) in [6.07, 6.45) is 0. The lowest BCUT2D eigenvalue weighted by atomic mass is 9.86. The number of carbonyl (C=O) groups excluding carboxylic acids is 1. The molecule has 24 heavy (non-hydrogen) atoms. The van der Waals surface area contributed by atoms with Gasteiger partial charge in [0.25, 0.3) is 5.91 Å². The molecule has 126 valence electrons. The minimum absolute atomic E-state index is 0.0657. The van der Waals surface area contributed by atoms with Crippen LogP contribution in [-0.4, -0.2) is 18.2 Å². The molecule has 0 saturated carbocycles. The van der Waals surface area contributed by atoms with Gasteiger partial charge in [-0.2, -0.15) is 5.10 Å². The first-order valence-corrected chi connectivity index (χ1v) is 7.98. The van der Waals surface area contributed by atoms with Crippen LogP contribution in [0.4, 0.5) is 0 Å². The van der Waals surface area contributed by atoms with Gasteiger partial charge in [-0.05, 0) is 35.6 Å². The Balaban J connectivity index is 1.90. The average molecular weight is 324 g/mol. The molecule has 1 N–H and O–H groups in total. The fourth-order valence-electron chi connectivity index (χ4n) is 2.12. The SMILES string of the molecule is C/C(=N/NC(=O)COc1ccccc1)c1ccc(C(C)(C)C)cc1. The van der Waals surface area contributed by atoms with Gasteiger partial charge in [-0.25, -0.2) is 5.43 Å². The van der Waals surface area contributed by atoms with Crippen molar-refractivity contribution in [1.82, 2.24) is 5.43 Å². The molecule has 0 radical (unpaired) electrons. The van der Waals surface area contributed by atoms with Crippen LogP contribution in [0.5, 0.6) is 5.75 Å². The van der Waals surface area contributed by atoms with Gasteiger partial charge in [0.15, 0.2) is 6.61 Å². The zero-order chi connectivity index (χ0) is 17.6. The van der Waals surface area contributed by atoms with E-state index in [9.17, 15) is 4.79 Å². The highest BCUT2D eigenvalue weighted by atomic mass is 16.5. The van der Waals surface area contributed by atoms with Crippen molar-refractivity contribution in [2.75, 3.05) is 6.61 Å². The predicted molar refractivity (Wildman–Crippen MR) is 97.4 cm³/mol. The van der Waals surface area contributed by atoms with Crippen molar-refractivity contribution in [3.05, 3.63) is 65.7 Å². The third-order valence-electron chi connectivity index (χ3n) is 3.63. The standard InChI is InChI=1S/C20H24N2O2/c1-15(16-10-12-17(13-11-16)20(2,3)4)21-22-19(23)14-24-18-8-6-5-7-9-18/h5-13H,14H2,1-4H3,(H,22,23)/b21-15-. The molecule has 0 spiro atoms. The molecule has 0 atom stereocenters. The van der Waals surface area contributed by atoms with Crippen LogP contribution in [0, 0.1) is 0 Å². The molecule has 1 amide bonds. The van der Waals surface area contributed by atoms with Gasteiger partial charge in [-0.1, -0.05) is 63.2 Å². The number of ether oxygens (including phenoxy) is 1. The van der Waals surface area contributed by atoms with Gasteiger partial charge in [0.1, 0.15) is 5.75 Å². The molecule has 0 fully saturated rings. The Kier molecular flexibility index (Phi) is 5.74. The van der Waals surface area contributed by atoms with Crippen molar-refractivity contribution in [2.24, 2.45) is 5.10 Å². The third-order valence-corrected chi connectivity index (χ3v) is 3.63. The lowest BCUT2D eigenvalue weighted by molar-refractivity contribution is -0.123. The number of rotatable bonds is 5. The first-order valence-electron chi connectivity index (χ1n) is 7.98. The van der Waals surface area contributed by atoms with Crippen LogP contribution in [-0.2, 0) is 10.2 Å². The maximum Gasteiger partial charge on any atom is 0.277 e. The number of hydrogen-bond acceptors (Lipinski definition) is 3. The summed E-state index contributed by atoms with van der Waals surface area (Å²) in [6.45, 7) is 8.33. The van der Waals surface area contributed by atoms with E-state index >= 15 is 0 Å². The average Bonchev–Trinajstić information content (AvgIpc) is 2.58. The molecule has 0 aromatic heterocycles. The van der Waals surface area contributed by atoms with Crippen LogP contribution in [0.3, 0.4) is 0 Å². The van der Waals surface area contributed by atoms with Crippen molar-refractivity contribution in [3.8, 4) is 5.75 Å². The van der Waals surface area contributed by atoms with Gasteiger partial charge in [-0.3, -0.25) is 4.79 Å². The number of hydrazone groups is 1. The van der Waals surface area contributed by atoms with Gasteiger partial charge < -0.3 is 4.74 Å². The van der Waals surface area contributed by atoms with Crippen LogP contribution in [0.2, 0.25) is 0 Å². The zero-order valence-corrected chi connectivity index (χ0v) is 14.7. The Morgan fingerprint density at radius 2 is 1.67 bits per heavy atom. The van der Waals surface area contributed by atoms with E-state index in [4.69, 9.17) is 4.74 Å². The van der Waals surface area contributed by atoms with E-state index in [1.54, 1.807) is 12.1 Å². The topological polar surface area (TPSA) is 50.7 Å². The molecule has 2 aromatic rings. The van der Waals surface area contributed by atoms with Gasteiger partial charge in [0.2, 0.25) is 0 Å². The normalized spacial score (nSPS) is 11.9. The molecule has 2 aromatic carbocycles. The highest BCUT2D eigenvalue weighted by Crippen LogP contribution is 2.22. The molecule has 4 nitrogen and oxygen atoms in total. The van der Waals surface area contributed by atoms with Crippen LogP contribution in [0.15, 0.2) is 59.7 Å². The van der Waals surface area contributed by atoms with E-state index in [0.29, 0.717) is 5.75 Å². The number of carbonyl (C=O) groups is 1. The Hall–Kier alpha value is -2.62. The summed E-state index contributed by atoms with van der Waals surface area (Å²) in [5.41, 5.74) is 5.63. The highest BCUT2D eigenvalue weighted by molar-refractivity contribution is 5.99. The second-order valence-electron chi connectivity index (χ2n) is 6.66. The fourth-order valence-corrected chi connectivity index (χ4v) is 2.12. The molecule has 0 aliphatic carbocycles. The van der Waals surface area contributed by atoms with Crippen LogP contribution in [0.25, 0.3) is 0 Å². The smallest absolute Gasteiger partial charge is 0.277 e. The Labute approximate surface area is 143 Å². The van der Waals surface area contributed by atoms with E-state index in [1.807, 2.05) is 37.3 Å². The van der Waals surface area contributed by atoms with E-state index in [0.717, 1.165) is 11.3 Å². The molecular weight excluding hydrogens is 300 g/mol. The van der Waals surface area contributed by atoms with E-state index < -0.39 is 0 Å². The molecule has 0 heterocycles. The molecule has 0 unspecified atom stereocenters. The quantitative estimate of drug-likeness (QED) is 0.670. The molecule has 0 bridgehead atoms. The van der Waals surface area contributed by atoms with Crippen molar-refractivity contribution in [2.45, 2.75) is 33.1 Å². The number of nitrogens with one attached hydrogen (secondary N) is 1. The second kappa shape index (κ2) is 7.77. The largest absolute Gasteiger partial charge is 0.484 e. The predicted octanol–water partition coefficient (Wildman–Crippen LogP) is 3.90. The molecule has 0 aliphatic heterocycles. The first kappa shape index (κ1) is 17.7. The second-order valence-corrected chi connectivity index (χ2v) is 6.66. The lowest BCUT2D eigenvalue weighted by Gasteiger charge is -2.19. The summed E-state index contributed by atoms with van der Waals surface area (Å²) in [4.78, 5) is 11.8. The number of nitrogens with zero attached hydrogens (tertiary/aromatic N) is 1. The Morgan fingerprint density at radius 3 is 2.25 bits per heavy atom. The van der Waals surface area contributed by atoms with Gasteiger partial charge in [0.05, 0.1) is 5.71 Å². The van der Waals surface area contributed by atoms with E-state index in [-0.39, 0.29) is 17.9 Å². The summed E-state index contributed by atoms with van der Waals surface area (Å²) in [5, 5.41) is 4.14. The third kappa shape index (κ3) is 5.23. The van der Waals surface area contributed by atoms with Crippen LogP contribution in [0.1, 0.15) is 38.8 Å². The summed E-state index contributed by atoms with van der Waals surface area (Å²) < 4.78 is 5.38. The minimum Gasteiger partial charge on any atom is -0.484 e. The summed E-state index contributed by atoms with van der Waals surface area (Å²) in [6, 6.07) is 17.4. The van der Waals surface area contributed by atoms with Crippen molar-refractivity contribution in [1.29, 1.82) is 0 Å². The molecular formula is C20H24N2O2. The van der Waals surface area contributed by atoms with Gasteiger partial charge >= 0.3 is 0 Å². The molecule has 0 aliphatic rings. The summed E-state index contributed by atoms with van der Waals surface area (Å²) in [5.74, 6) is 0.371. The highest BCUT2D eigenvalue weighted by Gasteiger charge is 2.13. The summed E-state index contributed by atoms with van der Waals surface area (Å²) in [7, 11) is 0. The number of benzene rings is 2. The van der Waals surface area contributed by atoms with Crippen LogP contribution >= 0.6 is 0 Å². The van der Waals surface area contributed by atoms with E-state index in [1.165, 1.54) is 5.56 Å². The number of amides is 1. The van der Waals surface area contributed by atoms with Crippen LogP contribution < -0.4 is 10.2 Å². The van der Waals surface area contributed by atoms with Crippen molar-refractivity contribution >= 4 is 11.6 Å². The lowest BCUT2D eigenvalue weighted by Crippen LogP contribution is -2.25. The Morgan fingerprint density at radius 1 is 1.04 bits per heavy atom. The number of para-hydroxylation sites is 1. The van der Waals surface area contributed by atoms with E-state index in [2.05, 4.69) is 43.4 Å². The van der Waals surface area contributed by atoms with Crippen molar-refractivity contribution < 1.29 is 9.53 Å². The van der Waals surface area contributed by atoms with Gasteiger partial charge in [0, 0.05) is 0 Å².